The molecule has 10 heteroatoms. The second-order valence-electron chi connectivity index (χ2n) is 4.83. The fourth-order valence-electron chi connectivity index (χ4n) is 2.10. The molecular formula is C13H15N5O3S2. The number of fused-ring (bicyclic) bond motifs is 1. The molecule has 3 aromatic rings. The highest BCUT2D eigenvalue weighted by Gasteiger charge is 2.15. The van der Waals surface area contributed by atoms with Gasteiger partial charge in [0.05, 0.1) is 12.0 Å². The summed E-state index contributed by atoms with van der Waals surface area (Å²) in [4.78, 5) is 0.905. The molecule has 0 radical (unpaired) electrons. The first-order valence-electron chi connectivity index (χ1n) is 6.79. The summed E-state index contributed by atoms with van der Waals surface area (Å²) < 4.78 is 33.9. The van der Waals surface area contributed by atoms with Gasteiger partial charge in [0.1, 0.15) is 17.1 Å². The van der Waals surface area contributed by atoms with Crippen LogP contribution in [0.4, 0.5) is 0 Å². The first-order valence-corrected chi connectivity index (χ1v) is 9.09. The molecule has 0 aliphatic heterocycles. The third-order valence-corrected chi connectivity index (χ3v) is 5.67. The predicted octanol–water partition coefficient (Wildman–Crippen LogP) is 1.02. The van der Waals surface area contributed by atoms with Crippen molar-refractivity contribution < 1.29 is 13.2 Å². The van der Waals surface area contributed by atoms with Gasteiger partial charge in [-0.25, -0.2) is 13.1 Å². The molecule has 0 fully saturated rings. The molecule has 1 N–H and O–H groups in total. The molecule has 0 unspecified atom stereocenters. The molecule has 0 amide bonds. The summed E-state index contributed by atoms with van der Waals surface area (Å²) in [6.45, 7) is 2.06. The predicted molar refractivity (Wildman–Crippen MR) is 85.3 cm³/mol. The number of hydrogen-bond acceptors (Lipinski definition) is 7. The average molecular weight is 353 g/mol. The summed E-state index contributed by atoms with van der Waals surface area (Å²) in [5.41, 5.74) is 0.768. The number of sulfonamides is 1. The number of rotatable bonds is 6. The highest BCUT2D eigenvalue weighted by molar-refractivity contribution is 7.89. The van der Waals surface area contributed by atoms with Crippen LogP contribution in [-0.2, 0) is 16.4 Å². The molecule has 0 atom stereocenters. The van der Waals surface area contributed by atoms with Gasteiger partial charge >= 0.3 is 0 Å². The fraction of sp³-hybridized carbons (Fsp3) is 0.308. The van der Waals surface area contributed by atoms with Crippen molar-refractivity contribution in [3.05, 3.63) is 35.1 Å². The zero-order valence-electron chi connectivity index (χ0n) is 12.6. The molecule has 23 heavy (non-hydrogen) atoms. The number of ether oxygens (including phenoxy) is 1. The Bertz CT molecular complexity index is 904. The van der Waals surface area contributed by atoms with Crippen LogP contribution in [0.3, 0.4) is 0 Å². The molecule has 3 rings (SSSR count). The Hall–Kier alpha value is -2.04. The summed E-state index contributed by atoms with van der Waals surface area (Å²) in [5, 5.41) is 12.7. The van der Waals surface area contributed by atoms with Crippen molar-refractivity contribution in [2.45, 2.75) is 18.2 Å². The first kappa shape index (κ1) is 15.8. The summed E-state index contributed by atoms with van der Waals surface area (Å²) >= 11 is 1.38. The van der Waals surface area contributed by atoms with Gasteiger partial charge in [0.2, 0.25) is 15.0 Å². The van der Waals surface area contributed by atoms with E-state index in [1.807, 2.05) is 0 Å². The van der Waals surface area contributed by atoms with Gasteiger partial charge in [0.25, 0.3) is 0 Å². The highest BCUT2D eigenvalue weighted by atomic mass is 32.2. The van der Waals surface area contributed by atoms with Gasteiger partial charge in [-0.15, -0.1) is 10.2 Å². The monoisotopic (exact) mass is 353 g/mol. The van der Waals surface area contributed by atoms with Gasteiger partial charge < -0.3 is 4.74 Å². The summed E-state index contributed by atoms with van der Waals surface area (Å²) in [6.07, 6.45) is 2.00. The van der Waals surface area contributed by atoms with Crippen LogP contribution in [0, 0.1) is 6.92 Å². The van der Waals surface area contributed by atoms with Crippen LogP contribution < -0.4 is 9.46 Å². The second kappa shape index (κ2) is 6.22. The van der Waals surface area contributed by atoms with Crippen LogP contribution in [0.25, 0.3) is 4.96 Å². The number of aromatic nitrogens is 4. The van der Waals surface area contributed by atoms with E-state index in [1.165, 1.54) is 23.7 Å². The molecule has 8 nitrogen and oxygen atoms in total. The lowest BCUT2D eigenvalue weighted by Gasteiger charge is -2.09. The first-order chi connectivity index (χ1) is 11.0. The number of methoxy groups -OCH3 is 1. The maximum absolute atomic E-state index is 12.3. The van der Waals surface area contributed by atoms with E-state index in [4.69, 9.17) is 4.74 Å². The van der Waals surface area contributed by atoms with E-state index in [2.05, 4.69) is 20.0 Å². The fourth-order valence-corrected chi connectivity index (χ4v) is 4.03. The quantitative estimate of drug-likeness (QED) is 0.710. The van der Waals surface area contributed by atoms with E-state index < -0.39 is 10.0 Å². The lowest BCUT2D eigenvalue weighted by molar-refractivity contribution is 0.411. The molecule has 122 valence electrons. The maximum Gasteiger partial charge on any atom is 0.240 e. The van der Waals surface area contributed by atoms with Gasteiger partial charge in [-0.05, 0) is 30.7 Å². The summed E-state index contributed by atoms with van der Waals surface area (Å²) in [7, 11) is -2.01. The zero-order valence-corrected chi connectivity index (χ0v) is 14.2. The summed E-state index contributed by atoms with van der Waals surface area (Å²) in [5.74, 6) is 0.656. The van der Waals surface area contributed by atoms with E-state index >= 15 is 0 Å². The van der Waals surface area contributed by atoms with Gasteiger partial charge in [0.15, 0.2) is 0 Å². The van der Waals surface area contributed by atoms with Crippen molar-refractivity contribution in [2.75, 3.05) is 13.7 Å². The van der Waals surface area contributed by atoms with Crippen molar-refractivity contribution in [3.63, 3.8) is 0 Å². The smallest absolute Gasteiger partial charge is 0.240 e. The second-order valence-corrected chi connectivity index (χ2v) is 7.64. The van der Waals surface area contributed by atoms with Crippen LogP contribution in [0.1, 0.15) is 10.6 Å². The Morgan fingerprint density at radius 1 is 1.39 bits per heavy atom. The van der Waals surface area contributed by atoms with E-state index in [1.54, 1.807) is 30.7 Å². The van der Waals surface area contributed by atoms with Gasteiger partial charge in [-0.3, -0.25) is 0 Å². The number of nitrogens with zero attached hydrogens (tertiary/aromatic N) is 4. The lowest BCUT2D eigenvalue weighted by atomic mass is 10.2. The van der Waals surface area contributed by atoms with Crippen LogP contribution in [0.2, 0.25) is 0 Å². The molecule has 0 aliphatic carbocycles. The average Bonchev–Trinajstić information content (AvgIpc) is 3.08. The number of benzene rings is 1. The SMILES string of the molecule is COc1ccc(S(=O)(=O)NCCc2nn3cnnc3s2)cc1C. The minimum Gasteiger partial charge on any atom is -0.496 e. The molecule has 0 spiro atoms. The van der Waals surface area contributed by atoms with E-state index in [0.29, 0.717) is 17.1 Å². The van der Waals surface area contributed by atoms with Crippen molar-refractivity contribution in [3.8, 4) is 5.75 Å². The van der Waals surface area contributed by atoms with Gasteiger partial charge in [0, 0.05) is 13.0 Å². The normalized spacial score (nSPS) is 11.9. The van der Waals surface area contributed by atoms with Crippen molar-refractivity contribution in [1.29, 1.82) is 0 Å². The van der Waals surface area contributed by atoms with E-state index in [-0.39, 0.29) is 11.4 Å². The van der Waals surface area contributed by atoms with Gasteiger partial charge in [-0.2, -0.15) is 9.61 Å². The molecule has 2 heterocycles. The highest BCUT2D eigenvalue weighted by Crippen LogP contribution is 2.21. The topological polar surface area (TPSA) is 98.5 Å². The van der Waals surface area contributed by atoms with Crippen molar-refractivity contribution in [2.24, 2.45) is 0 Å². The largest absolute Gasteiger partial charge is 0.496 e. The molecule has 2 aromatic heterocycles. The van der Waals surface area contributed by atoms with E-state index in [0.717, 1.165) is 10.6 Å². The Labute approximate surface area is 137 Å². The van der Waals surface area contributed by atoms with Crippen molar-refractivity contribution >= 4 is 26.3 Å². The summed E-state index contributed by atoms with van der Waals surface area (Å²) in [6, 6.07) is 4.76. The standard InChI is InChI=1S/C13H15N5O3S2/c1-9-7-10(3-4-11(9)21-2)23(19,20)15-6-5-12-17-18-8-14-16-13(18)22-12/h3-4,7-8,15H,5-6H2,1-2H3. The third kappa shape index (κ3) is 3.33. The molecule has 0 aliphatic rings. The van der Waals surface area contributed by atoms with E-state index in [9.17, 15) is 8.42 Å². The molecule has 0 bridgehead atoms. The minimum absolute atomic E-state index is 0.217. The van der Waals surface area contributed by atoms with Crippen molar-refractivity contribution in [1.82, 2.24) is 24.5 Å². The van der Waals surface area contributed by atoms with Crippen LogP contribution >= 0.6 is 11.3 Å². The Kier molecular flexibility index (Phi) is 4.28. The molecule has 0 saturated heterocycles. The third-order valence-electron chi connectivity index (χ3n) is 3.24. The Morgan fingerprint density at radius 2 is 2.22 bits per heavy atom. The molecular weight excluding hydrogens is 338 g/mol. The van der Waals surface area contributed by atoms with Gasteiger partial charge in [-0.1, -0.05) is 11.3 Å². The van der Waals surface area contributed by atoms with Crippen LogP contribution in [0.15, 0.2) is 29.4 Å². The molecule has 0 saturated carbocycles. The Morgan fingerprint density at radius 3 is 2.91 bits per heavy atom. The number of aryl methyl sites for hydroxylation is 1. The van der Waals surface area contributed by atoms with Crippen LogP contribution in [-0.4, -0.2) is 41.9 Å². The lowest BCUT2D eigenvalue weighted by Crippen LogP contribution is -2.26. The number of hydrogen-bond donors (Lipinski definition) is 1. The molecule has 1 aromatic carbocycles. The minimum atomic E-state index is -3.56. The Balaban J connectivity index is 1.66. The number of nitrogens with one attached hydrogen (secondary N) is 1. The maximum atomic E-state index is 12.3. The van der Waals surface area contributed by atoms with Crippen LogP contribution in [0.5, 0.6) is 5.75 Å². The zero-order chi connectivity index (χ0) is 16.4.